The van der Waals surface area contributed by atoms with Gasteiger partial charge in [0, 0.05) is 18.3 Å². The van der Waals surface area contributed by atoms with Gasteiger partial charge in [-0.3, -0.25) is 0 Å². The van der Waals surface area contributed by atoms with Crippen molar-refractivity contribution < 1.29 is 4.74 Å². The lowest BCUT2D eigenvalue weighted by Crippen LogP contribution is -2.00. The van der Waals surface area contributed by atoms with Crippen molar-refractivity contribution in [2.45, 2.75) is 46.1 Å². The molecule has 0 spiro atoms. The third-order valence-corrected chi connectivity index (χ3v) is 3.48. The zero-order valence-electron chi connectivity index (χ0n) is 12.9. The maximum Gasteiger partial charge on any atom is 0.219 e. The van der Waals surface area contributed by atoms with Crippen molar-refractivity contribution in [3.05, 3.63) is 53.2 Å². The highest BCUT2D eigenvalue weighted by molar-refractivity contribution is 5.33. The van der Waals surface area contributed by atoms with E-state index in [1.54, 1.807) is 0 Å². The lowest BCUT2D eigenvalue weighted by molar-refractivity contribution is 0.460. The molecule has 0 radical (unpaired) electrons. The van der Waals surface area contributed by atoms with Gasteiger partial charge in [0.25, 0.3) is 0 Å². The van der Waals surface area contributed by atoms with Crippen LogP contribution < -0.4 is 10.5 Å². The van der Waals surface area contributed by atoms with Crippen molar-refractivity contribution in [1.29, 1.82) is 0 Å². The molecule has 0 saturated carbocycles. The maximum atomic E-state index is 5.86. The molecule has 1 aromatic heterocycles. The van der Waals surface area contributed by atoms with E-state index in [1.165, 1.54) is 18.4 Å². The Balaban J connectivity index is 2.10. The zero-order valence-corrected chi connectivity index (χ0v) is 12.9. The van der Waals surface area contributed by atoms with Gasteiger partial charge in [0.1, 0.15) is 5.75 Å². The van der Waals surface area contributed by atoms with Crippen LogP contribution in [0.1, 0.15) is 43.5 Å². The van der Waals surface area contributed by atoms with Crippen molar-refractivity contribution in [1.82, 2.24) is 4.98 Å². The molecule has 0 saturated heterocycles. The minimum atomic E-state index is 0.502. The number of pyridine rings is 1. The van der Waals surface area contributed by atoms with E-state index < -0.39 is 0 Å². The van der Waals surface area contributed by atoms with Gasteiger partial charge < -0.3 is 10.5 Å². The maximum absolute atomic E-state index is 5.86. The lowest BCUT2D eigenvalue weighted by Gasteiger charge is -2.09. The molecule has 2 N–H and O–H groups in total. The summed E-state index contributed by atoms with van der Waals surface area (Å²) in [5.41, 5.74) is 9.13. The molecule has 0 unspecified atom stereocenters. The Bertz CT molecular complexity index is 542. The number of nitrogens with zero attached hydrogens (tertiary/aromatic N) is 1. The summed E-state index contributed by atoms with van der Waals surface area (Å²) >= 11 is 0. The molecule has 2 rings (SSSR count). The molecular formula is C18H24N2O. The SMILES string of the molecule is CCCCc1ccc(Oc2cc(CN)cc(CC)n2)cc1. The first-order chi connectivity index (χ1) is 10.2. The standard InChI is InChI=1S/C18H24N2O/c1-3-5-6-14-7-9-17(10-8-14)21-18-12-15(13-19)11-16(4-2)20-18/h7-12H,3-6,13,19H2,1-2H3. The van der Waals surface area contributed by atoms with Crippen LogP contribution in [0, 0.1) is 0 Å². The lowest BCUT2D eigenvalue weighted by atomic mass is 10.1. The molecule has 0 bridgehead atoms. The Morgan fingerprint density at radius 1 is 1.05 bits per heavy atom. The number of unbranched alkanes of at least 4 members (excludes halogenated alkanes) is 1. The molecule has 3 nitrogen and oxygen atoms in total. The summed E-state index contributed by atoms with van der Waals surface area (Å²) in [5.74, 6) is 1.44. The molecule has 2 aromatic rings. The van der Waals surface area contributed by atoms with E-state index in [2.05, 4.69) is 31.0 Å². The second kappa shape index (κ2) is 7.79. The summed E-state index contributed by atoms with van der Waals surface area (Å²) in [6.45, 7) is 4.79. The monoisotopic (exact) mass is 284 g/mol. The number of rotatable bonds is 7. The summed E-state index contributed by atoms with van der Waals surface area (Å²) < 4.78 is 5.86. The molecule has 21 heavy (non-hydrogen) atoms. The Morgan fingerprint density at radius 2 is 1.81 bits per heavy atom. The van der Waals surface area contributed by atoms with Crippen LogP contribution in [0.2, 0.25) is 0 Å². The van der Waals surface area contributed by atoms with E-state index in [1.807, 2.05) is 24.3 Å². The minimum Gasteiger partial charge on any atom is -0.439 e. The smallest absolute Gasteiger partial charge is 0.219 e. The summed E-state index contributed by atoms with van der Waals surface area (Å²) in [4.78, 5) is 4.49. The first-order valence-electron chi connectivity index (χ1n) is 7.71. The molecule has 1 aromatic carbocycles. The van der Waals surface area contributed by atoms with E-state index in [4.69, 9.17) is 10.5 Å². The van der Waals surface area contributed by atoms with Crippen molar-refractivity contribution >= 4 is 0 Å². The van der Waals surface area contributed by atoms with Gasteiger partial charge in [-0.05, 0) is 48.6 Å². The van der Waals surface area contributed by atoms with Crippen LogP contribution in [0.5, 0.6) is 11.6 Å². The normalized spacial score (nSPS) is 10.6. The van der Waals surface area contributed by atoms with Crippen molar-refractivity contribution in [3.63, 3.8) is 0 Å². The second-order valence-electron chi connectivity index (χ2n) is 5.21. The fourth-order valence-corrected chi connectivity index (χ4v) is 2.20. The Morgan fingerprint density at radius 3 is 2.43 bits per heavy atom. The molecule has 0 aliphatic rings. The summed E-state index contributed by atoms with van der Waals surface area (Å²) in [6, 6.07) is 12.2. The number of nitrogens with two attached hydrogens (primary N) is 1. The van der Waals surface area contributed by atoms with Crippen LogP contribution >= 0.6 is 0 Å². The highest BCUT2D eigenvalue weighted by Gasteiger charge is 2.04. The predicted molar refractivity (Wildman–Crippen MR) is 86.6 cm³/mol. The van der Waals surface area contributed by atoms with Gasteiger partial charge in [-0.15, -0.1) is 0 Å². The van der Waals surface area contributed by atoms with E-state index in [9.17, 15) is 0 Å². The van der Waals surface area contributed by atoms with Gasteiger partial charge in [0.2, 0.25) is 5.88 Å². The number of benzene rings is 1. The van der Waals surface area contributed by atoms with E-state index in [0.717, 1.165) is 29.8 Å². The van der Waals surface area contributed by atoms with Gasteiger partial charge in [-0.2, -0.15) is 0 Å². The van der Waals surface area contributed by atoms with Crippen molar-refractivity contribution in [3.8, 4) is 11.6 Å². The third-order valence-electron chi connectivity index (χ3n) is 3.48. The fraction of sp³-hybridized carbons (Fsp3) is 0.389. The largest absolute Gasteiger partial charge is 0.439 e. The average Bonchev–Trinajstić information content (AvgIpc) is 2.53. The van der Waals surface area contributed by atoms with E-state index >= 15 is 0 Å². The van der Waals surface area contributed by atoms with E-state index in [0.29, 0.717) is 12.4 Å². The van der Waals surface area contributed by atoms with Crippen molar-refractivity contribution in [2.75, 3.05) is 0 Å². The fourth-order valence-electron chi connectivity index (χ4n) is 2.20. The molecule has 0 amide bonds. The quantitative estimate of drug-likeness (QED) is 0.827. The Hall–Kier alpha value is -1.87. The Labute approximate surface area is 127 Å². The van der Waals surface area contributed by atoms with E-state index in [-0.39, 0.29) is 0 Å². The Kier molecular flexibility index (Phi) is 5.76. The average molecular weight is 284 g/mol. The number of hydrogen-bond donors (Lipinski definition) is 1. The number of hydrogen-bond acceptors (Lipinski definition) is 3. The van der Waals surface area contributed by atoms with Crippen LogP contribution in [0.15, 0.2) is 36.4 Å². The van der Waals surface area contributed by atoms with Gasteiger partial charge >= 0.3 is 0 Å². The first-order valence-corrected chi connectivity index (χ1v) is 7.71. The van der Waals surface area contributed by atoms with Crippen LogP contribution in [0.4, 0.5) is 0 Å². The van der Waals surface area contributed by atoms with Gasteiger partial charge in [-0.1, -0.05) is 32.4 Å². The molecule has 112 valence electrons. The molecular weight excluding hydrogens is 260 g/mol. The van der Waals surface area contributed by atoms with Crippen LogP contribution in [-0.4, -0.2) is 4.98 Å². The van der Waals surface area contributed by atoms with Crippen LogP contribution in [-0.2, 0) is 19.4 Å². The highest BCUT2D eigenvalue weighted by atomic mass is 16.5. The third kappa shape index (κ3) is 4.57. The molecule has 1 heterocycles. The summed E-state index contributed by atoms with van der Waals surface area (Å²) in [6.07, 6.45) is 4.44. The number of aryl methyl sites for hydroxylation is 2. The molecule has 0 atom stereocenters. The highest BCUT2D eigenvalue weighted by Crippen LogP contribution is 2.22. The van der Waals surface area contributed by atoms with Crippen molar-refractivity contribution in [2.24, 2.45) is 5.73 Å². The first kappa shape index (κ1) is 15.5. The molecule has 3 heteroatoms. The number of ether oxygens (including phenoxy) is 1. The molecule has 0 aliphatic heterocycles. The summed E-state index contributed by atoms with van der Waals surface area (Å²) in [7, 11) is 0. The summed E-state index contributed by atoms with van der Waals surface area (Å²) in [5, 5.41) is 0. The predicted octanol–water partition coefficient (Wildman–Crippen LogP) is 4.24. The molecule has 0 aliphatic carbocycles. The molecule has 0 fully saturated rings. The van der Waals surface area contributed by atoms with Gasteiger partial charge in [0.05, 0.1) is 0 Å². The van der Waals surface area contributed by atoms with Crippen LogP contribution in [0.3, 0.4) is 0 Å². The second-order valence-corrected chi connectivity index (χ2v) is 5.21. The topological polar surface area (TPSA) is 48.1 Å². The minimum absolute atomic E-state index is 0.502. The van der Waals surface area contributed by atoms with Gasteiger partial charge in [-0.25, -0.2) is 4.98 Å². The van der Waals surface area contributed by atoms with Crippen LogP contribution in [0.25, 0.3) is 0 Å². The zero-order chi connectivity index (χ0) is 15.1. The van der Waals surface area contributed by atoms with Gasteiger partial charge in [0.15, 0.2) is 0 Å². The number of aromatic nitrogens is 1.